The number of aryl methyl sites for hydroxylation is 2. The molecule has 1 aliphatic heterocycles. The van der Waals surface area contributed by atoms with E-state index in [1.165, 1.54) is 0 Å². The third-order valence-electron chi connectivity index (χ3n) is 5.85. The molecule has 2 heterocycles. The number of hydrogen-bond donors (Lipinski definition) is 0. The number of ether oxygens (including phenoxy) is 1. The minimum atomic E-state index is -0.509. The van der Waals surface area contributed by atoms with Crippen molar-refractivity contribution in [3.63, 3.8) is 0 Å². The maximum atomic E-state index is 13.6. The summed E-state index contributed by atoms with van der Waals surface area (Å²) < 4.78 is 11.7. The van der Waals surface area contributed by atoms with E-state index in [1.807, 2.05) is 76.2 Å². The molecule has 1 amide bonds. The third kappa shape index (κ3) is 3.72. The molecule has 0 aliphatic carbocycles. The molecule has 162 valence electrons. The van der Waals surface area contributed by atoms with Crippen LogP contribution < -0.4 is 10.2 Å². The van der Waals surface area contributed by atoms with E-state index in [0.29, 0.717) is 42.0 Å². The first kappa shape index (κ1) is 21.1. The smallest absolute Gasteiger partial charge is 0.290 e. The second kappa shape index (κ2) is 8.19. The second-order valence-corrected chi connectivity index (χ2v) is 8.32. The van der Waals surface area contributed by atoms with E-state index >= 15 is 0 Å². The predicted molar refractivity (Wildman–Crippen MR) is 121 cm³/mol. The number of hydrogen-bond acceptors (Lipinski definition) is 5. The van der Waals surface area contributed by atoms with Gasteiger partial charge in [-0.05, 0) is 75.8 Å². The van der Waals surface area contributed by atoms with E-state index in [4.69, 9.17) is 9.15 Å². The number of benzene rings is 2. The minimum absolute atomic E-state index is 0.145. The zero-order chi connectivity index (χ0) is 22.3. The Hall–Kier alpha value is -3.12. The molecule has 0 bridgehead atoms. The Kier molecular flexibility index (Phi) is 5.58. The molecule has 6 nitrogen and oxygen atoms in total. The zero-order valence-electron chi connectivity index (χ0n) is 18.7. The maximum Gasteiger partial charge on any atom is 0.290 e. The van der Waals surface area contributed by atoms with Crippen molar-refractivity contribution in [3.05, 3.63) is 74.6 Å². The van der Waals surface area contributed by atoms with Crippen molar-refractivity contribution in [1.82, 2.24) is 9.80 Å². The Morgan fingerprint density at radius 2 is 1.84 bits per heavy atom. The molecular weight excluding hydrogens is 392 g/mol. The first-order chi connectivity index (χ1) is 14.8. The van der Waals surface area contributed by atoms with Gasteiger partial charge < -0.3 is 19.0 Å². The van der Waals surface area contributed by atoms with Crippen LogP contribution >= 0.6 is 0 Å². The average Bonchev–Trinajstić information content (AvgIpc) is 3.01. The lowest BCUT2D eigenvalue weighted by atomic mass is 9.97. The third-order valence-corrected chi connectivity index (χ3v) is 5.85. The van der Waals surface area contributed by atoms with Gasteiger partial charge in [0.05, 0.1) is 23.6 Å². The molecule has 1 atom stereocenters. The van der Waals surface area contributed by atoms with Crippen molar-refractivity contribution in [3.8, 4) is 5.75 Å². The van der Waals surface area contributed by atoms with Crippen LogP contribution in [0.4, 0.5) is 0 Å². The normalized spacial score (nSPS) is 15.7. The molecule has 0 radical (unpaired) electrons. The Morgan fingerprint density at radius 1 is 1.10 bits per heavy atom. The van der Waals surface area contributed by atoms with E-state index in [-0.39, 0.29) is 17.1 Å². The summed E-state index contributed by atoms with van der Waals surface area (Å²) in [5.41, 5.74) is 3.60. The van der Waals surface area contributed by atoms with E-state index in [9.17, 15) is 9.59 Å². The number of rotatable bonds is 6. The van der Waals surface area contributed by atoms with Gasteiger partial charge in [-0.15, -0.1) is 0 Å². The van der Waals surface area contributed by atoms with E-state index in [1.54, 1.807) is 4.90 Å². The number of amides is 1. The van der Waals surface area contributed by atoms with Gasteiger partial charge in [0.15, 0.2) is 5.43 Å². The highest BCUT2D eigenvalue weighted by molar-refractivity contribution is 5.99. The standard InChI is InChI=1S/C25H28N2O4/c1-6-30-18-9-7-8-17(14-18)22-21-23(28)19-12-15(2)16(3)13-20(19)31-24(21)25(29)27(22)11-10-26(4)5/h7-9,12-14,22H,6,10-11H2,1-5H3. The number of carbonyl (C=O) groups is 1. The van der Waals surface area contributed by atoms with Crippen molar-refractivity contribution in [2.45, 2.75) is 26.8 Å². The lowest BCUT2D eigenvalue weighted by Crippen LogP contribution is -2.35. The lowest BCUT2D eigenvalue weighted by molar-refractivity contribution is 0.0716. The summed E-state index contributed by atoms with van der Waals surface area (Å²) in [6, 6.07) is 10.8. The summed E-state index contributed by atoms with van der Waals surface area (Å²) in [6.07, 6.45) is 0. The summed E-state index contributed by atoms with van der Waals surface area (Å²) in [5.74, 6) is 0.609. The van der Waals surface area contributed by atoms with E-state index < -0.39 is 6.04 Å². The van der Waals surface area contributed by atoms with Crippen molar-refractivity contribution in [2.75, 3.05) is 33.8 Å². The van der Waals surface area contributed by atoms with Crippen LogP contribution in [0.1, 0.15) is 45.8 Å². The summed E-state index contributed by atoms with van der Waals surface area (Å²) in [5, 5.41) is 0.509. The molecule has 3 aromatic rings. The molecule has 0 spiro atoms. The van der Waals surface area contributed by atoms with Gasteiger partial charge in [-0.2, -0.15) is 0 Å². The van der Waals surface area contributed by atoms with Crippen LogP contribution in [0.2, 0.25) is 0 Å². The molecule has 2 aromatic carbocycles. The van der Waals surface area contributed by atoms with Crippen LogP contribution in [-0.2, 0) is 0 Å². The maximum absolute atomic E-state index is 13.6. The molecule has 1 aliphatic rings. The quantitative estimate of drug-likeness (QED) is 0.605. The Balaban J connectivity index is 1.94. The molecule has 0 saturated heterocycles. The highest BCUT2D eigenvalue weighted by Gasteiger charge is 2.42. The lowest BCUT2D eigenvalue weighted by Gasteiger charge is -2.26. The van der Waals surface area contributed by atoms with E-state index in [0.717, 1.165) is 16.7 Å². The molecule has 1 unspecified atom stereocenters. The monoisotopic (exact) mass is 420 g/mol. The molecule has 0 N–H and O–H groups in total. The van der Waals surface area contributed by atoms with Gasteiger partial charge in [0.2, 0.25) is 5.76 Å². The highest BCUT2D eigenvalue weighted by atomic mass is 16.5. The summed E-state index contributed by atoms with van der Waals surface area (Å²) in [4.78, 5) is 30.8. The van der Waals surface area contributed by atoms with Gasteiger partial charge in [-0.3, -0.25) is 9.59 Å². The fourth-order valence-corrected chi connectivity index (χ4v) is 4.10. The number of carbonyl (C=O) groups excluding carboxylic acids is 1. The second-order valence-electron chi connectivity index (χ2n) is 8.32. The van der Waals surface area contributed by atoms with Gasteiger partial charge in [0, 0.05) is 13.1 Å². The molecule has 31 heavy (non-hydrogen) atoms. The molecule has 1 aromatic heterocycles. The average molecular weight is 421 g/mol. The number of fused-ring (bicyclic) bond motifs is 2. The first-order valence-electron chi connectivity index (χ1n) is 10.6. The van der Waals surface area contributed by atoms with Gasteiger partial charge in [-0.1, -0.05) is 12.1 Å². The Morgan fingerprint density at radius 3 is 2.55 bits per heavy atom. The Labute approximate surface area is 182 Å². The van der Waals surface area contributed by atoms with Crippen molar-refractivity contribution in [2.24, 2.45) is 0 Å². The molecule has 0 fully saturated rings. The van der Waals surface area contributed by atoms with Crippen LogP contribution in [0.15, 0.2) is 45.6 Å². The molecule has 4 rings (SSSR count). The van der Waals surface area contributed by atoms with Crippen molar-refractivity contribution in [1.29, 1.82) is 0 Å². The van der Waals surface area contributed by atoms with Gasteiger partial charge in [-0.25, -0.2) is 0 Å². The largest absolute Gasteiger partial charge is 0.494 e. The fourth-order valence-electron chi connectivity index (χ4n) is 4.10. The van der Waals surface area contributed by atoms with Crippen LogP contribution in [0.3, 0.4) is 0 Å². The fraction of sp³-hybridized carbons (Fsp3) is 0.360. The van der Waals surface area contributed by atoms with Crippen LogP contribution in [0.25, 0.3) is 11.0 Å². The topological polar surface area (TPSA) is 63.0 Å². The predicted octanol–water partition coefficient (Wildman–Crippen LogP) is 3.92. The Bertz CT molecular complexity index is 1210. The summed E-state index contributed by atoms with van der Waals surface area (Å²) in [7, 11) is 3.92. The zero-order valence-corrected chi connectivity index (χ0v) is 18.7. The minimum Gasteiger partial charge on any atom is -0.494 e. The van der Waals surface area contributed by atoms with Crippen LogP contribution in [-0.4, -0.2) is 49.5 Å². The molecule has 0 saturated carbocycles. The van der Waals surface area contributed by atoms with Gasteiger partial charge >= 0.3 is 0 Å². The molecular formula is C25H28N2O4. The van der Waals surface area contributed by atoms with Crippen molar-refractivity contribution < 1.29 is 13.9 Å². The van der Waals surface area contributed by atoms with Crippen LogP contribution in [0, 0.1) is 13.8 Å². The summed E-state index contributed by atoms with van der Waals surface area (Å²) >= 11 is 0. The number of likely N-dealkylation sites (N-methyl/N-ethyl adjacent to an activating group) is 1. The highest BCUT2D eigenvalue weighted by Crippen LogP contribution is 2.39. The van der Waals surface area contributed by atoms with E-state index in [2.05, 4.69) is 0 Å². The summed E-state index contributed by atoms with van der Waals surface area (Å²) in [6.45, 7) is 7.56. The van der Waals surface area contributed by atoms with Gasteiger partial charge in [0.1, 0.15) is 11.3 Å². The van der Waals surface area contributed by atoms with Crippen LogP contribution in [0.5, 0.6) is 5.75 Å². The number of nitrogens with zero attached hydrogens (tertiary/aromatic N) is 2. The van der Waals surface area contributed by atoms with Crippen molar-refractivity contribution >= 4 is 16.9 Å². The molecule has 6 heteroatoms. The first-order valence-corrected chi connectivity index (χ1v) is 10.6. The van der Waals surface area contributed by atoms with Gasteiger partial charge in [0.25, 0.3) is 5.91 Å². The SMILES string of the molecule is CCOc1cccc(C2c3c(oc4cc(C)c(C)cc4c3=O)C(=O)N2CCN(C)C)c1.